The molecule has 2 rings (SSSR count). The van der Waals surface area contributed by atoms with E-state index in [2.05, 4.69) is 6.92 Å². The Morgan fingerprint density at radius 2 is 1.80 bits per heavy atom. The molecule has 0 aliphatic carbocycles. The second-order valence-corrected chi connectivity index (χ2v) is 5.99. The van der Waals surface area contributed by atoms with E-state index < -0.39 is 10.1 Å². The van der Waals surface area contributed by atoms with Crippen LogP contribution in [-0.2, 0) is 16.7 Å². The molecule has 0 saturated heterocycles. The Kier molecular flexibility index (Phi) is 4.52. The second kappa shape index (κ2) is 6.15. The summed E-state index contributed by atoms with van der Waals surface area (Å²) in [6, 6.07) is 12.1. The molecule has 20 heavy (non-hydrogen) atoms. The number of aryl methyl sites for hydroxylation is 1. The molecule has 0 aliphatic rings. The van der Waals surface area contributed by atoms with Crippen LogP contribution in [0.15, 0.2) is 53.6 Å². The van der Waals surface area contributed by atoms with Crippen molar-refractivity contribution in [2.24, 2.45) is 0 Å². The zero-order chi connectivity index (χ0) is 14.6. The van der Waals surface area contributed by atoms with Gasteiger partial charge in [0.05, 0.1) is 5.56 Å². The van der Waals surface area contributed by atoms with Crippen molar-refractivity contribution in [1.29, 1.82) is 0 Å². The van der Waals surface area contributed by atoms with Crippen molar-refractivity contribution < 1.29 is 17.5 Å². The lowest BCUT2D eigenvalue weighted by molar-refractivity contribution is -0.686. The molecule has 0 atom stereocenters. The molecule has 0 amide bonds. The van der Waals surface area contributed by atoms with Crippen LogP contribution in [0.4, 0.5) is 0 Å². The lowest BCUT2D eigenvalue weighted by Gasteiger charge is -2.07. The molecular weight excluding hydrogens is 274 g/mol. The van der Waals surface area contributed by atoms with Crippen LogP contribution in [0, 0.1) is 0 Å². The van der Waals surface area contributed by atoms with Crippen LogP contribution in [-0.4, -0.2) is 13.0 Å². The topological polar surface area (TPSA) is 58.2 Å². The summed E-state index contributed by atoms with van der Waals surface area (Å²) >= 11 is 0. The van der Waals surface area contributed by atoms with Gasteiger partial charge in [0.25, 0.3) is 10.1 Å². The van der Waals surface area contributed by atoms with Gasteiger partial charge in [-0.15, -0.1) is 0 Å². The maximum Gasteiger partial charge on any atom is 0.295 e. The summed E-state index contributed by atoms with van der Waals surface area (Å²) in [7, 11) is -4.23. The highest BCUT2D eigenvalue weighted by Crippen LogP contribution is 2.24. The van der Waals surface area contributed by atoms with Crippen LogP contribution in [0.5, 0.6) is 0 Å². The zero-order valence-corrected chi connectivity index (χ0v) is 12.2. The number of hydrogen-bond acceptors (Lipinski definition) is 2. The first kappa shape index (κ1) is 14.7. The minimum atomic E-state index is -4.23. The number of unbranched alkanes of at least 4 members (excludes halogenated alkanes) is 1. The molecule has 4 nitrogen and oxygen atoms in total. The number of nitrogens with zero attached hydrogens (tertiary/aromatic N) is 1. The van der Waals surface area contributed by atoms with Gasteiger partial charge in [-0.25, -0.2) is 0 Å². The third kappa shape index (κ3) is 3.23. The molecule has 0 spiro atoms. The molecule has 5 heteroatoms. The maximum absolute atomic E-state index is 11.5. The van der Waals surface area contributed by atoms with Crippen molar-refractivity contribution in [3.05, 3.63) is 48.7 Å². The molecule has 0 fully saturated rings. The van der Waals surface area contributed by atoms with Gasteiger partial charge in [-0.05, 0) is 18.2 Å². The molecule has 2 aromatic rings. The molecule has 0 aliphatic heterocycles. The molecule has 0 saturated carbocycles. The van der Waals surface area contributed by atoms with Crippen molar-refractivity contribution in [2.45, 2.75) is 31.2 Å². The average molecular weight is 292 g/mol. The predicted octanol–water partition coefficient (Wildman–Crippen LogP) is 2.69. The molecule has 0 bridgehead atoms. The van der Waals surface area contributed by atoms with E-state index in [-0.39, 0.29) is 4.90 Å². The summed E-state index contributed by atoms with van der Waals surface area (Å²) in [5.74, 6) is 0. The van der Waals surface area contributed by atoms with Crippen molar-refractivity contribution in [1.82, 2.24) is 0 Å². The van der Waals surface area contributed by atoms with Crippen molar-refractivity contribution in [2.75, 3.05) is 0 Å². The smallest absolute Gasteiger partial charge is 0.282 e. The lowest BCUT2D eigenvalue weighted by atomic mass is 10.1. The highest BCUT2D eigenvalue weighted by atomic mass is 32.2. The van der Waals surface area contributed by atoms with Gasteiger partial charge in [0.15, 0.2) is 6.20 Å². The van der Waals surface area contributed by atoms with Gasteiger partial charge < -0.3 is 0 Å². The van der Waals surface area contributed by atoms with Gasteiger partial charge in [-0.1, -0.05) is 25.5 Å². The summed E-state index contributed by atoms with van der Waals surface area (Å²) in [5.41, 5.74) is 1.31. The maximum atomic E-state index is 11.5. The highest BCUT2D eigenvalue weighted by Gasteiger charge is 2.21. The largest absolute Gasteiger partial charge is 0.295 e. The van der Waals surface area contributed by atoms with Crippen LogP contribution in [0.1, 0.15) is 19.8 Å². The Hall–Kier alpha value is -1.72. The minimum absolute atomic E-state index is 0.0588. The van der Waals surface area contributed by atoms with Gasteiger partial charge in [0, 0.05) is 18.6 Å². The number of rotatable bonds is 5. The van der Waals surface area contributed by atoms with Crippen LogP contribution in [0.3, 0.4) is 0 Å². The number of hydrogen-bond donors (Lipinski definition) is 1. The standard InChI is InChI=1S/C15H17NO3S/c1-2-3-11-16-12-7-6-9-14(16)13-8-4-5-10-15(13)20(17,18)19/h4-10,12H,2-3,11H2,1H3/p+1. The van der Waals surface area contributed by atoms with Gasteiger partial charge in [-0.2, -0.15) is 13.0 Å². The van der Waals surface area contributed by atoms with E-state index in [1.165, 1.54) is 6.07 Å². The Morgan fingerprint density at radius 3 is 2.50 bits per heavy atom. The Bertz CT molecular complexity index is 696. The lowest BCUT2D eigenvalue weighted by Crippen LogP contribution is -2.36. The van der Waals surface area contributed by atoms with E-state index in [9.17, 15) is 13.0 Å². The minimum Gasteiger partial charge on any atom is -0.282 e. The summed E-state index contributed by atoms with van der Waals surface area (Å²) < 4.78 is 34.4. The van der Waals surface area contributed by atoms with E-state index in [1.54, 1.807) is 18.2 Å². The first-order chi connectivity index (χ1) is 9.54. The van der Waals surface area contributed by atoms with E-state index in [4.69, 9.17) is 0 Å². The summed E-state index contributed by atoms with van der Waals surface area (Å²) in [6.07, 6.45) is 3.99. The van der Waals surface area contributed by atoms with Crippen LogP contribution in [0.2, 0.25) is 0 Å². The van der Waals surface area contributed by atoms with Gasteiger partial charge in [0.1, 0.15) is 11.4 Å². The quantitative estimate of drug-likeness (QED) is 0.681. The predicted molar refractivity (Wildman–Crippen MR) is 76.8 cm³/mol. The molecule has 1 aromatic carbocycles. The number of aromatic nitrogens is 1. The first-order valence-electron chi connectivity index (χ1n) is 6.59. The van der Waals surface area contributed by atoms with Crippen molar-refractivity contribution in [3.8, 4) is 11.3 Å². The fraction of sp³-hybridized carbons (Fsp3) is 0.267. The normalized spacial score (nSPS) is 11.5. The molecule has 106 valence electrons. The molecular formula is C15H18NO3S+. The second-order valence-electron chi connectivity index (χ2n) is 4.60. The highest BCUT2D eigenvalue weighted by molar-refractivity contribution is 7.86. The van der Waals surface area contributed by atoms with Gasteiger partial charge >= 0.3 is 0 Å². The molecule has 0 unspecified atom stereocenters. The van der Waals surface area contributed by atoms with E-state index >= 15 is 0 Å². The average Bonchev–Trinajstić information content (AvgIpc) is 2.44. The number of benzene rings is 1. The summed E-state index contributed by atoms with van der Waals surface area (Å²) in [5, 5.41) is 0. The Labute approximate surface area is 119 Å². The molecule has 1 aromatic heterocycles. The Morgan fingerprint density at radius 1 is 1.10 bits per heavy atom. The molecule has 1 heterocycles. The third-order valence-electron chi connectivity index (χ3n) is 3.13. The summed E-state index contributed by atoms with van der Waals surface area (Å²) in [4.78, 5) is -0.0588. The number of pyridine rings is 1. The molecule has 1 N–H and O–H groups in total. The van der Waals surface area contributed by atoms with E-state index in [0.29, 0.717) is 5.56 Å². The fourth-order valence-electron chi connectivity index (χ4n) is 2.15. The monoisotopic (exact) mass is 292 g/mol. The first-order valence-corrected chi connectivity index (χ1v) is 8.03. The van der Waals surface area contributed by atoms with Crippen molar-refractivity contribution in [3.63, 3.8) is 0 Å². The fourth-order valence-corrected chi connectivity index (χ4v) is 2.85. The SMILES string of the molecule is CCCC[n+]1ccccc1-c1ccccc1S(=O)(=O)O. The van der Waals surface area contributed by atoms with E-state index in [0.717, 1.165) is 25.1 Å². The Balaban J connectivity index is 2.58. The van der Waals surface area contributed by atoms with Crippen LogP contribution < -0.4 is 4.57 Å². The van der Waals surface area contributed by atoms with Gasteiger partial charge in [0.2, 0.25) is 5.69 Å². The summed E-state index contributed by atoms with van der Waals surface area (Å²) in [6.45, 7) is 2.92. The zero-order valence-electron chi connectivity index (χ0n) is 11.4. The van der Waals surface area contributed by atoms with E-state index in [1.807, 2.05) is 29.0 Å². The van der Waals surface area contributed by atoms with Crippen LogP contribution >= 0.6 is 0 Å². The van der Waals surface area contributed by atoms with Crippen LogP contribution in [0.25, 0.3) is 11.3 Å². The third-order valence-corrected chi connectivity index (χ3v) is 4.05. The van der Waals surface area contributed by atoms with Crippen molar-refractivity contribution >= 4 is 10.1 Å². The molecule has 0 radical (unpaired) electrons. The van der Waals surface area contributed by atoms with Gasteiger partial charge in [-0.3, -0.25) is 4.55 Å².